The second-order valence-electron chi connectivity index (χ2n) is 1.72. The summed E-state index contributed by atoms with van der Waals surface area (Å²) >= 11 is 0. The van der Waals surface area contributed by atoms with Crippen LogP contribution >= 0.6 is 0 Å². The van der Waals surface area contributed by atoms with Crippen molar-refractivity contribution in [2.24, 2.45) is 0 Å². The lowest BCUT2D eigenvalue weighted by atomic mass is 11.3. The Kier molecular flexibility index (Phi) is 1.60. The van der Waals surface area contributed by atoms with Crippen molar-refractivity contribution in [3.05, 3.63) is 0 Å². The van der Waals surface area contributed by atoms with Crippen molar-refractivity contribution in [2.45, 2.75) is 0 Å². The first-order chi connectivity index (χ1) is 3.30. The lowest BCUT2D eigenvalue weighted by Crippen LogP contribution is -2.49. The Morgan fingerprint density at radius 1 is 1.43 bits per heavy atom. The molecule has 0 saturated carbocycles. The Bertz CT molecular complexity index is 64.7. The average Bonchev–Trinajstić information content (AvgIpc) is 1.23. The molecule has 0 aliphatic carbocycles. The summed E-state index contributed by atoms with van der Waals surface area (Å²) in [6, 6.07) is 0. The normalized spacial score (nSPS) is 33.9. The molecule has 0 atom stereocenters. The molecule has 0 radical (unpaired) electrons. The van der Waals surface area contributed by atoms with Crippen LogP contribution in [0, 0.1) is 0 Å². The van der Waals surface area contributed by atoms with Crippen LogP contribution in [0.4, 0.5) is 0 Å². The molecule has 1 aliphatic rings. The molecule has 42 valence electrons. The molecule has 0 aromatic rings. The highest BCUT2D eigenvalue weighted by Gasteiger charge is 2.24. The van der Waals surface area contributed by atoms with E-state index in [1.54, 1.807) is 0 Å². The lowest BCUT2D eigenvalue weighted by molar-refractivity contribution is 0.251. The molecular weight excluding hydrogens is 126 g/mol. The zero-order chi connectivity index (χ0) is 5.28. The number of hydrogen-bond acceptors (Lipinski definition) is 3. The van der Waals surface area contributed by atoms with Gasteiger partial charge in [-0.15, -0.1) is 0 Å². The molecule has 0 unspecified atom stereocenters. The number of hydrogen-bond donors (Lipinski definition) is 0. The van der Waals surface area contributed by atoms with E-state index >= 15 is 0 Å². The molecule has 5 heteroatoms. The Morgan fingerprint density at radius 2 is 2.00 bits per heavy atom. The topological polar surface area (TPSA) is 21.7 Å². The standard InChI is InChI=1S/C2H9NO2Si2/c1-3(2)7-4-6-5-7/h7H,6H2,1-2H3. The van der Waals surface area contributed by atoms with Crippen molar-refractivity contribution in [2.75, 3.05) is 14.1 Å². The van der Waals surface area contributed by atoms with Gasteiger partial charge in [-0.3, -0.25) is 4.57 Å². The minimum absolute atomic E-state index is 0.465. The first kappa shape index (κ1) is 5.45. The van der Waals surface area contributed by atoms with Crippen molar-refractivity contribution in [1.29, 1.82) is 0 Å². The monoisotopic (exact) mass is 135 g/mol. The maximum atomic E-state index is 5.17. The van der Waals surface area contributed by atoms with E-state index in [1.807, 2.05) is 18.7 Å². The van der Waals surface area contributed by atoms with E-state index in [-0.39, 0.29) is 0 Å². The third kappa shape index (κ3) is 1.10. The van der Waals surface area contributed by atoms with E-state index in [2.05, 4.69) is 0 Å². The Morgan fingerprint density at radius 3 is 2.00 bits per heavy atom. The molecule has 0 N–H and O–H groups in total. The van der Waals surface area contributed by atoms with Crippen molar-refractivity contribution in [1.82, 2.24) is 4.57 Å². The summed E-state index contributed by atoms with van der Waals surface area (Å²) in [5.74, 6) is 0. The van der Waals surface area contributed by atoms with Gasteiger partial charge in [-0.25, -0.2) is 0 Å². The highest BCUT2D eigenvalue weighted by Crippen LogP contribution is 1.99. The van der Waals surface area contributed by atoms with Crippen LogP contribution in [-0.4, -0.2) is 38.1 Å². The number of rotatable bonds is 1. The lowest BCUT2D eigenvalue weighted by Gasteiger charge is -2.29. The summed E-state index contributed by atoms with van der Waals surface area (Å²) in [6.45, 7) is 0. The summed E-state index contributed by atoms with van der Waals surface area (Å²) < 4.78 is 12.4. The predicted molar refractivity (Wildman–Crippen MR) is 31.5 cm³/mol. The van der Waals surface area contributed by atoms with E-state index in [0.717, 1.165) is 0 Å². The summed E-state index contributed by atoms with van der Waals surface area (Å²) in [6.07, 6.45) is 0. The molecule has 0 aromatic heterocycles. The molecule has 0 bridgehead atoms. The van der Waals surface area contributed by atoms with Gasteiger partial charge in [0.25, 0.3) is 10.0 Å². The van der Waals surface area contributed by atoms with Crippen molar-refractivity contribution >= 4 is 19.5 Å². The fraction of sp³-hybridized carbons (Fsp3) is 1.00. The first-order valence-electron chi connectivity index (χ1n) is 2.20. The molecule has 1 fully saturated rings. The highest BCUT2D eigenvalue weighted by atomic mass is 28.4. The summed E-state index contributed by atoms with van der Waals surface area (Å²) in [7, 11) is 2.34. The number of nitrogens with zero attached hydrogens (tertiary/aromatic N) is 1. The van der Waals surface area contributed by atoms with Crippen LogP contribution in [0.5, 0.6) is 0 Å². The molecule has 0 amide bonds. The fourth-order valence-electron chi connectivity index (χ4n) is 0.427. The summed E-state index contributed by atoms with van der Waals surface area (Å²) in [4.78, 5) is 0. The van der Waals surface area contributed by atoms with Crippen LogP contribution in [0.2, 0.25) is 0 Å². The van der Waals surface area contributed by atoms with E-state index in [1.165, 1.54) is 0 Å². The van der Waals surface area contributed by atoms with Crippen LogP contribution in [-0.2, 0) is 8.23 Å². The van der Waals surface area contributed by atoms with Crippen LogP contribution in [0.1, 0.15) is 0 Å². The second kappa shape index (κ2) is 2.06. The van der Waals surface area contributed by atoms with Gasteiger partial charge >= 0.3 is 9.45 Å². The molecule has 1 rings (SSSR count). The molecule has 0 spiro atoms. The van der Waals surface area contributed by atoms with Gasteiger partial charge in [0, 0.05) is 0 Å². The fourth-order valence-corrected chi connectivity index (χ4v) is 3.84. The van der Waals surface area contributed by atoms with Crippen LogP contribution < -0.4 is 0 Å². The Hall–Kier alpha value is 0.314. The van der Waals surface area contributed by atoms with E-state index in [9.17, 15) is 0 Å². The molecule has 7 heavy (non-hydrogen) atoms. The molecule has 3 nitrogen and oxygen atoms in total. The van der Waals surface area contributed by atoms with Gasteiger partial charge in [0.2, 0.25) is 0 Å². The smallest absolute Gasteiger partial charge is 0.392 e. The van der Waals surface area contributed by atoms with Gasteiger partial charge in [-0.05, 0) is 14.1 Å². The third-order valence-electron chi connectivity index (χ3n) is 0.843. The predicted octanol–water partition coefficient (Wildman–Crippen LogP) is -1.69. The largest absolute Gasteiger partial charge is 0.410 e. The van der Waals surface area contributed by atoms with Gasteiger partial charge in [-0.1, -0.05) is 0 Å². The highest BCUT2D eigenvalue weighted by molar-refractivity contribution is 6.62. The first-order valence-corrected chi connectivity index (χ1v) is 4.82. The molecular formula is C2H9NO2Si2. The van der Waals surface area contributed by atoms with E-state index < -0.39 is 19.5 Å². The van der Waals surface area contributed by atoms with Gasteiger partial charge in [0.15, 0.2) is 0 Å². The van der Waals surface area contributed by atoms with Gasteiger partial charge in [0.1, 0.15) is 0 Å². The zero-order valence-electron chi connectivity index (χ0n) is 4.55. The van der Waals surface area contributed by atoms with Crippen molar-refractivity contribution in [3.8, 4) is 0 Å². The molecule has 1 saturated heterocycles. The van der Waals surface area contributed by atoms with Gasteiger partial charge < -0.3 is 8.23 Å². The minimum atomic E-state index is -1.18. The second-order valence-corrected chi connectivity index (χ2v) is 6.27. The quantitative estimate of drug-likeness (QED) is 0.401. The maximum absolute atomic E-state index is 5.17. The van der Waals surface area contributed by atoms with E-state index in [0.29, 0.717) is 0 Å². The summed E-state index contributed by atoms with van der Waals surface area (Å²) in [5.41, 5.74) is 0. The Balaban J connectivity index is 2.14. The zero-order valence-corrected chi connectivity index (χ0v) is 7.12. The third-order valence-corrected chi connectivity index (χ3v) is 5.06. The average molecular weight is 135 g/mol. The molecule has 0 aromatic carbocycles. The van der Waals surface area contributed by atoms with Gasteiger partial charge in [-0.2, -0.15) is 0 Å². The summed E-state index contributed by atoms with van der Waals surface area (Å²) in [5, 5.41) is 0. The minimum Gasteiger partial charge on any atom is -0.410 e. The molecule has 1 heterocycles. The van der Waals surface area contributed by atoms with Crippen LogP contribution in [0.3, 0.4) is 0 Å². The molecule has 1 aliphatic heterocycles. The maximum Gasteiger partial charge on any atom is 0.392 e. The van der Waals surface area contributed by atoms with Crippen molar-refractivity contribution in [3.63, 3.8) is 0 Å². The van der Waals surface area contributed by atoms with Crippen LogP contribution in [0.25, 0.3) is 0 Å². The van der Waals surface area contributed by atoms with Crippen molar-refractivity contribution < 1.29 is 8.23 Å². The Labute approximate surface area is 47.2 Å². The van der Waals surface area contributed by atoms with E-state index in [4.69, 9.17) is 8.23 Å². The van der Waals surface area contributed by atoms with Gasteiger partial charge in [0.05, 0.1) is 0 Å². The SMILES string of the molecule is CN(C)[SiH]1O[SiH2]O1. The van der Waals surface area contributed by atoms with Crippen LogP contribution in [0.15, 0.2) is 0 Å².